The predicted octanol–water partition coefficient (Wildman–Crippen LogP) is 6.40. The van der Waals surface area contributed by atoms with E-state index in [1.807, 2.05) is 0 Å². The molecule has 4 aromatic rings. The molecule has 0 bridgehead atoms. The van der Waals surface area contributed by atoms with E-state index in [1.54, 1.807) is 6.07 Å². The Balaban J connectivity index is 1.45. The van der Waals surface area contributed by atoms with Gasteiger partial charge in [0.05, 0.1) is 47.7 Å². The molecule has 3 heterocycles. The number of nitrogens with zero attached hydrogens (tertiary/aromatic N) is 2. The van der Waals surface area contributed by atoms with E-state index in [0.717, 1.165) is 52.7 Å². The molecule has 256 valence electrons. The van der Waals surface area contributed by atoms with Crippen LogP contribution in [0.5, 0.6) is 11.5 Å². The zero-order valence-electron chi connectivity index (χ0n) is 25.2. The molecule has 17 heteroatoms. The van der Waals surface area contributed by atoms with Gasteiger partial charge in [0.15, 0.2) is 11.5 Å². The fourth-order valence-electron chi connectivity index (χ4n) is 5.98. The van der Waals surface area contributed by atoms with Gasteiger partial charge in [0.25, 0.3) is 0 Å². The number of para-hydroxylation sites is 2. The van der Waals surface area contributed by atoms with Crippen LogP contribution in [0.1, 0.15) is 27.5 Å². The molecule has 0 spiro atoms. The van der Waals surface area contributed by atoms with Crippen molar-refractivity contribution in [2.75, 3.05) is 24.4 Å². The zero-order chi connectivity index (χ0) is 35.4. The topological polar surface area (TPSA) is 107 Å². The molecule has 3 atom stereocenters. The Morgan fingerprint density at radius 3 is 2.12 bits per heavy atom. The number of benzene rings is 3. The summed E-state index contributed by atoms with van der Waals surface area (Å²) in [6.07, 6.45) is -9.69. The second-order valence-corrected chi connectivity index (χ2v) is 13.0. The molecular formula is C32H23F6N3O6S2. The highest BCUT2D eigenvalue weighted by Crippen LogP contribution is 2.55. The van der Waals surface area contributed by atoms with E-state index in [0.29, 0.717) is 27.5 Å². The van der Waals surface area contributed by atoms with Gasteiger partial charge in [0, 0.05) is 10.8 Å². The number of rotatable bonds is 7. The highest BCUT2D eigenvalue weighted by atomic mass is 32.2. The molecule has 49 heavy (non-hydrogen) atoms. The second kappa shape index (κ2) is 12.6. The molecule has 2 unspecified atom stereocenters. The molecular weight excluding hydrogens is 700 g/mol. The summed E-state index contributed by atoms with van der Waals surface area (Å²) < 4.78 is 94.5. The molecule has 2 aliphatic heterocycles. The lowest BCUT2D eigenvalue weighted by molar-refractivity contribution is -0.138. The van der Waals surface area contributed by atoms with Crippen molar-refractivity contribution in [2.45, 2.75) is 35.1 Å². The summed E-state index contributed by atoms with van der Waals surface area (Å²) in [5, 5.41) is 0.914. The number of hydrogen-bond donors (Lipinski definition) is 1. The van der Waals surface area contributed by atoms with Crippen LogP contribution in [0.2, 0.25) is 0 Å². The lowest BCUT2D eigenvalue weighted by atomic mass is 9.83. The smallest absolute Gasteiger partial charge is 0.418 e. The third kappa shape index (κ3) is 6.05. The molecule has 0 saturated carbocycles. The van der Waals surface area contributed by atoms with Crippen LogP contribution >= 0.6 is 23.1 Å². The number of amides is 3. The summed E-state index contributed by atoms with van der Waals surface area (Å²) in [4.78, 5) is 54.6. The molecule has 2 aliphatic rings. The number of anilines is 2. The number of carbonyl (C=O) groups excluding carboxylic acids is 3. The van der Waals surface area contributed by atoms with Crippen LogP contribution in [0.15, 0.2) is 76.6 Å². The van der Waals surface area contributed by atoms with E-state index in [9.17, 15) is 45.5 Å². The van der Waals surface area contributed by atoms with E-state index in [1.165, 1.54) is 38.5 Å². The minimum Gasteiger partial charge on any atom is -0.493 e. The van der Waals surface area contributed by atoms with Gasteiger partial charge >= 0.3 is 17.2 Å². The highest BCUT2D eigenvalue weighted by molar-refractivity contribution is 8.00. The van der Waals surface area contributed by atoms with E-state index in [-0.39, 0.29) is 15.7 Å². The number of alkyl halides is 6. The summed E-state index contributed by atoms with van der Waals surface area (Å²) >= 11 is 1.38. The molecule has 3 amide bonds. The normalized spacial score (nSPS) is 19.0. The standard InChI is InChI=1S/C32H23F6N3O6S2/c1-46-20-12-11-15(13-21(20)47-2)23-24-25(28(44)41(27(24)43)19-10-6-4-8-17(19)32(36,37)38)48-29-26(23)49-30(45)40(29)14-22(42)39-18-9-5-3-7-16(18)31(33,34)35/h3-13,23-25H,14H2,1-2H3,(H,39,42)/t23-,24?,25?/m1/s1. The molecule has 3 aromatic carbocycles. The Morgan fingerprint density at radius 2 is 1.47 bits per heavy atom. The van der Waals surface area contributed by atoms with E-state index >= 15 is 0 Å². The summed E-state index contributed by atoms with van der Waals surface area (Å²) in [6.45, 7) is -0.761. The van der Waals surface area contributed by atoms with Crippen LogP contribution < -0.4 is 24.6 Å². The summed E-state index contributed by atoms with van der Waals surface area (Å²) in [5.41, 5.74) is -3.15. The van der Waals surface area contributed by atoms with Crippen LogP contribution in [0, 0.1) is 5.92 Å². The SMILES string of the molecule is COc1ccc([C@H]2c3sc(=O)n(CC(=O)Nc4ccccc4C(F)(F)F)c3SC3C(=O)N(c4ccccc4C(F)(F)F)C(=O)C32)cc1OC. The maximum Gasteiger partial charge on any atom is 0.418 e. The Labute approximate surface area is 281 Å². The number of methoxy groups -OCH3 is 2. The fourth-order valence-corrected chi connectivity index (χ4v) is 8.75. The van der Waals surface area contributed by atoms with Crippen LogP contribution in [-0.2, 0) is 33.3 Å². The number of imide groups is 1. The van der Waals surface area contributed by atoms with Crippen LogP contribution in [0.25, 0.3) is 0 Å². The summed E-state index contributed by atoms with van der Waals surface area (Å²) in [5.74, 6) is -4.72. The maximum absolute atomic E-state index is 14.1. The number of thiazole rings is 1. The van der Waals surface area contributed by atoms with Crippen molar-refractivity contribution in [2.24, 2.45) is 5.92 Å². The van der Waals surface area contributed by atoms with Crippen molar-refractivity contribution in [1.29, 1.82) is 0 Å². The lowest BCUT2D eigenvalue weighted by Crippen LogP contribution is -2.33. The first-order chi connectivity index (χ1) is 23.1. The number of carbonyl (C=O) groups is 3. The molecule has 6 rings (SSSR count). The van der Waals surface area contributed by atoms with Crippen LogP contribution in [-0.4, -0.2) is 41.8 Å². The van der Waals surface area contributed by atoms with Gasteiger partial charge < -0.3 is 14.8 Å². The first-order valence-electron chi connectivity index (χ1n) is 14.3. The van der Waals surface area contributed by atoms with Crippen molar-refractivity contribution in [1.82, 2.24) is 4.57 Å². The van der Waals surface area contributed by atoms with E-state index < -0.39 is 81.1 Å². The Kier molecular flexibility index (Phi) is 8.77. The fraction of sp³-hybridized carbons (Fsp3) is 0.250. The molecule has 9 nitrogen and oxygen atoms in total. The number of halogens is 6. The number of ether oxygens (including phenoxy) is 2. The van der Waals surface area contributed by atoms with Gasteiger partial charge in [-0.15, -0.1) is 0 Å². The third-order valence-electron chi connectivity index (χ3n) is 8.07. The van der Waals surface area contributed by atoms with Crippen molar-refractivity contribution in [3.8, 4) is 11.5 Å². The Bertz CT molecular complexity index is 2040. The predicted molar refractivity (Wildman–Crippen MR) is 167 cm³/mol. The Hall–Kier alpha value is -4.77. The summed E-state index contributed by atoms with van der Waals surface area (Å²) in [7, 11) is 2.75. The lowest BCUT2D eigenvalue weighted by Gasteiger charge is -2.31. The second-order valence-electron chi connectivity index (χ2n) is 10.9. The van der Waals surface area contributed by atoms with Gasteiger partial charge in [0.1, 0.15) is 11.8 Å². The number of nitrogens with one attached hydrogen (secondary N) is 1. The van der Waals surface area contributed by atoms with Crippen molar-refractivity contribution in [3.05, 3.63) is 98.0 Å². The highest BCUT2D eigenvalue weighted by Gasteiger charge is 2.58. The molecule has 1 fully saturated rings. The minimum atomic E-state index is -4.90. The van der Waals surface area contributed by atoms with Gasteiger partial charge in [0.2, 0.25) is 17.7 Å². The molecule has 0 aliphatic carbocycles. The first-order valence-corrected chi connectivity index (χ1v) is 16.0. The van der Waals surface area contributed by atoms with Gasteiger partial charge in [-0.2, -0.15) is 26.3 Å². The number of hydrogen-bond acceptors (Lipinski definition) is 8. The van der Waals surface area contributed by atoms with Gasteiger partial charge in [-0.1, -0.05) is 53.4 Å². The largest absolute Gasteiger partial charge is 0.493 e. The number of fused-ring (bicyclic) bond motifs is 2. The van der Waals surface area contributed by atoms with Crippen molar-refractivity contribution >= 4 is 52.2 Å². The number of thioether (sulfide) groups is 1. The van der Waals surface area contributed by atoms with Crippen molar-refractivity contribution in [3.63, 3.8) is 0 Å². The van der Waals surface area contributed by atoms with Gasteiger partial charge in [-0.25, -0.2) is 4.90 Å². The molecule has 1 saturated heterocycles. The molecule has 1 aromatic heterocycles. The molecule has 1 N–H and O–H groups in total. The zero-order valence-corrected chi connectivity index (χ0v) is 26.9. The third-order valence-corrected chi connectivity index (χ3v) is 10.7. The molecule has 0 radical (unpaired) electrons. The first kappa shape index (κ1) is 34.1. The van der Waals surface area contributed by atoms with Gasteiger partial charge in [-0.05, 0) is 42.0 Å². The Morgan fingerprint density at radius 1 is 0.837 bits per heavy atom. The summed E-state index contributed by atoms with van der Waals surface area (Å²) in [6, 6.07) is 13.0. The number of aromatic nitrogens is 1. The van der Waals surface area contributed by atoms with Crippen LogP contribution in [0.4, 0.5) is 37.7 Å². The quantitative estimate of drug-likeness (QED) is 0.174. The van der Waals surface area contributed by atoms with Crippen molar-refractivity contribution < 1.29 is 50.2 Å². The average molecular weight is 724 g/mol. The minimum absolute atomic E-state index is 0.0717. The van der Waals surface area contributed by atoms with Crippen LogP contribution in [0.3, 0.4) is 0 Å². The van der Waals surface area contributed by atoms with E-state index in [2.05, 4.69) is 5.32 Å². The van der Waals surface area contributed by atoms with Gasteiger partial charge in [-0.3, -0.25) is 23.7 Å². The average Bonchev–Trinajstić information content (AvgIpc) is 3.49. The van der Waals surface area contributed by atoms with E-state index in [4.69, 9.17) is 9.47 Å². The maximum atomic E-state index is 14.1. The monoisotopic (exact) mass is 723 g/mol.